The first-order chi connectivity index (χ1) is 6.77. The maximum absolute atomic E-state index is 11.0. The minimum Gasteiger partial charge on any atom is -0.271 e. The highest BCUT2D eigenvalue weighted by atomic mass is 35.5. The van der Waals surface area contributed by atoms with E-state index in [1.54, 1.807) is 12.1 Å². The van der Waals surface area contributed by atoms with Gasteiger partial charge in [-0.15, -0.1) is 16.5 Å². The average molecular weight is 213 g/mol. The maximum Gasteiger partial charge on any atom is 0.260 e. The zero-order valence-corrected chi connectivity index (χ0v) is 8.15. The Morgan fingerprint density at radius 1 is 1.36 bits per heavy atom. The Bertz CT molecular complexity index is 316. The van der Waals surface area contributed by atoms with Crippen LogP contribution in [-0.2, 0) is 11.3 Å². The molecule has 1 rings (SSSR count). The number of nitroso groups, excluding NO2 is 1. The molecule has 0 spiro atoms. The third kappa shape index (κ3) is 2.81. The van der Waals surface area contributed by atoms with Crippen molar-refractivity contribution in [3.8, 4) is 0 Å². The van der Waals surface area contributed by atoms with E-state index in [1.165, 1.54) is 0 Å². The zero-order valence-electron chi connectivity index (χ0n) is 7.39. The predicted molar refractivity (Wildman–Crippen MR) is 53.5 cm³/mol. The molecule has 1 amide bonds. The summed E-state index contributed by atoms with van der Waals surface area (Å²) >= 11 is 5.30. The second kappa shape index (κ2) is 5.34. The third-order valence-corrected chi connectivity index (χ3v) is 1.90. The molecule has 0 aromatic heterocycles. The van der Waals surface area contributed by atoms with E-state index in [-0.39, 0.29) is 12.4 Å². The van der Waals surface area contributed by atoms with Crippen molar-refractivity contribution in [2.24, 2.45) is 5.29 Å². The molecule has 74 valence electrons. The fraction of sp³-hybridized carbons (Fsp3) is 0.222. The minimum atomic E-state index is -0.495. The van der Waals surface area contributed by atoms with Gasteiger partial charge in [-0.2, -0.15) is 5.01 Å². The van der Waals surface area contributed by atoms with Crippen molar-refractivity contribution in [2.75, 3.05) is 5.88 Å². The molecule has 1 aromatic carbocycles. The standard InChI is InChI=1S/C9H9ClN2O2/c10-6-9(13)12(11-14)7-8-4-2-1-3-5-8/h1-5H,6-7H2. The molecule has 0 aliphatic rings. The smallest absolute Gasteiger partial charge is 0.260 e. The van der Waals surface area contributed by atoms with Crippen molar-refractivity contribution in [2.45, 2.75) is 6.54 Å². The quantitative estimate of drug-likeness (QED) is 0.435. The molecule has 5 heteroatoms. The number of carbonyl (C=O) groups is 1. The summed E-state index contributed by atoms with van der Waals surface area (Å²) < 4.78 is 0. The lowest BCUT2D eigenvalue weighted by atomic mass is 10.2. The van der Waals surface area contributed by atoms with Crippen molar-refractivity contribution in [1.82, 2.24) is 5.01 Å². The predicted octanol–water partition coefficient (Wildman–Crippen LogP) is 1.94. The van der Waals surface area contributed by atoms with Crippen LogP contribution in [0.4, 0.5) is 0 Å². The van der Waals surface area contributed by atoms with Crippen LogP contribution in [0.15, 0.2) is 35.6 Å². The van der Waals surface area contributed by atoms with Gasteiger partial charge < -0.3 is 0 Å². The van der Waals surface area contributed by atoms with Gasteiger partial charge in [0.05, 0.1) is 11.8 Å². The monoisotopic (exact) mass is 212 g/mol. The molecule has 4 nitrogen and oxygen atoms in total. The van der Waals surface area contributed by atoms with Crippen LogP contribution in [0.25, 0.3) is 0 Å². The minimum absolute atomic E-state index is 0.163. The molecule has 0 aliphatic heterocycles. The van der Waals surface area contributed by atoms with Crippen LogP contribution < -0.4 is 0 Å². The highest BCUT2D eigenvalue weighted by Gasteiger charge is 2.12. The second-order valence-electron chi connectivity index (χ2n) is 2.65. The molecule has 0 atom stereocenters. The second-order valence-corrected chi connectivity index (χ2v) is 2.92. The Morgan fingerprint density at radius 2 is 2.00 bits per heavy atom. The number of hydrogen-bond acceptors (Lipinski definition) is 3. The largest absolute Gasteiger partial charge is 0.271 e. The van der Waals surface area contributed by atoms with Gasteiger partial charge in [0.25, 0.3) is 5.91 Å². The Balaban J connectivity index is 2.66. The molecule has 0 bridgehead atoms. The topological polar surface area (TPSA) is 49.7 Å². The number of hydrogen-bond donors (Lipinski definition) is 0. The van der Waals surface area contributed by atoms with Gasteiger partial charge in [0.15, 0.2) is 0 Å². The normalized spacial score (nSPS) is 9.50. The first kappa shape index (κ1) is 10.7. The fourth-order valence-electron chi connectivity index (χ4n) is 0.988. The summed E-state index contributed by atoms with van der Waals surface area (Å²) in [6, 6.07) is 9.11. The van der Waals surface area contributed by atoms with E-state index in [0.717, 1.165) is 10.6 Å². The first-order valence-electron chi connectivity index (χ1n) is 4.01. The average Bonchev–Trinajstić information content (AvgIpc) is 2.26. The molecule has 0 heterocycles. The summed E-state index contributed by atoms with van der Waals surface area (Å²) in [7, 11) is 0. The van der Waals surface area contributed by atoms with Gasteiger partial charge in [0.2, 0.25) is 0 Å². The van der Waals surface area contributed by atoms with Crippen LogP contribution in [0, 0.1) is 4.91 Å². The number of nitrogens with zero attached hydrogens (tertiary/aromatic N) is 2. The molecule has 0 N–H and O–H groups in total. The lowest BCUT2D eigenvalue weighted by Gasteiger charge is -2.11. The molecule has 0 fully saturated rings. The van der Waals surface area contributed by atoms with Crippen molar-refractivity contribution >= 4 is 17.5 Å². The highest BCUT2D eigenvalue weighted by molar-refractivity contribution is 6.27. The van der Waals surface area contributed by atoms with Gasteiger partial charge >= 0.3 is 0 Å². The van der Waals surface area contributed by atoms with E-state index in [0.29, 0.717) is 0 Å². The molecular weight excluding hydrogens is 204 g/mol. The summed E-state index contributed by atoms with van der Waals surface area (Å²) in [6.45, 7) is 0.163. The number of rotatable bonds is 4. The molecule has 0 aliphatic carbocycles. The summed E-state index contributed by atoms with van der Waals surface area (Å²) in [5, 5.41) is 3.41. The van der Waals surface area contributed by atoms with E-state index in [9.17, 15) is 9.70 Å². The lowest BCUT2D eigenvalue weighted by Crippen LogP contribution is -2.25. The lowest BCUT2D eigenvalue weighted by molar-refractivity contribution is -0.129. The third-order valence-electron chi connectivity index (χ3n) is 1.68. The number of benzene rings is 1. The van der Waals surface area contributed by atoms with Crippen LogP contribution in [0.3, 0.4) is 0 Å². The number of carbonyl (C=O) groups excluding carboxylic acids is 1. The molecule has 0 saturated heterocycles. The number of amides is 1. The van der Waals surface area contributed by atoms with Gasteiger partial charge in [0.1, 0.15) is 5.88 Å². The Hall–Kier alpha value is -1.42. The molecule has 0 radical (unpaired) electrons. The Kier molecular flexibility index (Phi) is 4.07. The van der Waals surface area contributed by atoms with Crippen LogP contribution >= 0.6 is 11.6 Å². The van der Waals surface area contributed by atoms with Crippen molar-refractivity contribution in [3.63, 3.8) is 0 Å². The summed E-state index contributed by atoms with van der Waals surface area (Å²) in [5.74, 6) is -0.732. The highest BCUT2D eigenvalue weighted by Crippen LogP contribution is 2.05. The Labute approximate surface area is 86.4 Å². The molecule has 1 aromatic rings. The molecular formula is C9H9ClN2O2. The van der Waals surface area contributed by atoms with E-state index in [4.69, 9.17) is 11.6 Å². The van der Waals surface area contributed by atoms with E-state index in [1.807, 2.05) is 18.2 Å². The van der Waals surface area contributed by atoms with E-state index >= 15 is 0 Å². The van der Waals surface area contributed by atoms with E-state index < -0.39 is 5.91 Å². The molecule has 0 saturated carbocycles. The van der Waals surface area contributed by atoms with Crippen LogP contribution in [0.5, 0.6) is 0 Å². The Morgan fingerprint density at radius 3 is 2.50 bits per heavy atom. The van der Waals surface area contributed by atoms with Crippen molar-refractivity contribution in [3.05, 3.63) is 40.8 Å². The summed E-state index contributed by atoms with van der Waals surface area (Å²) in [4.78, 5) is 21.4. The molecule has 14 heavy (non-hydrogen) atoms. The van der Waals surface area contributed by atoms with Crippen LogP contribution in [-0.4, -0.2) is 16.8 Å². The zero-order chi connectivity index (χ0) is 10.4. The van der Waals surface area contributed by atoms with Gasteiger partial charge in [-0.1, -0.05) is 30.3 Å². The SMILES string of the molecule is O=NN(Cc1ccccc1)C(=O)CCl. The number of halogens is 1. The molecule has 0 unspecified atom stereocenters. The van der Waals surface area contributed by atoms with Crippen molar-refractivity contribution < 1.29 is 4.79 Å². The van der Waals surface area contributed by atoms with Gasteiger partial charge in [0, 0.05) is 0 Å². The summed E-state index contributed by atoms with van der Waals surface area (Å²) in [5.41, 5.74) is 0.838. The maximum atomic E-state index is 11.0. The van der Waals surface area contributed by atoms with Crippen LogP contribution in [0.1, 0.15) is 5.56 Å². The van der Waals surface area contributed by atoms with Gasteiger partial charge in [-0.25, -0.2) is 0 Å². The van der Waals surface area contributed by atoms with Crippen molar-refractivity contribution in [1.29, 1.82) is 0 Å². The number of alkyl halides is 1. The first-order valence-corrected chi connectivity index (χ1v) is 4.55. The van der Waals surface area contributed by atoms with Crippen LogP contribution in [0.2, 0.25) is 0 Å². The fourth-order valence-corrected chi connectivity index (χ4v) is 1.13. The van der Waals surface area contributed by atoms with Gasteiger partial charge in [-0.05, 0) is 5.56 Å². The summed E-state index contributed by atoms with van der Waals surface area (Å²) in [6.07, 6.45) is 0. The van der Waals surface area contributed by atoms with Gasteiger partial charge in [-0.3, -0.25) is 4.79 Å². The van der Waals surface area contributed by atoms with E-state index in [2.05, 4.69) is 5.29 Å².